The van der Waals surface area contributed by atoms with Crippen molar-refractivity contribution >= 4 is 7.32 Å². The van der Waals surface area contributed by atoms with Crippen LogP contribution in [0.25, 0.3) is 0 Å². The molecule has 0 spiro atoms. The monoisotopic (exact) mass is 438 g/mol. The number of rotatable bonds is 6. The molecule has 0 saturated heterocycles. The van der Waals surface area contributed by atoms with E-state index in [4.69, 9.17) is 0 Å². The summed E-state index contributed by atoms with van der Waals surface area (Å²) in [6.07, 6.45) is -3.85. The van der Waals surface area contributed by atoms with Crippen LogP contribution in [-0.4, -0.2) is 27.1 Å². The summed E-state index contributed by atoms with van der Waals surface area (Å²) in [7, 11) is -2.44. The van der Waals surface area contributed by atoms with E-state index in [9.17, 15) is 23.2 Å². The van der Waals surface area contributed by atoms with Crippen molar-refractivity contribution in [3.63, 3.8) is 0 Å². The second-order valence-electron chi connectivity index (χ2n) is 7.04. The van der Waals surface area contributed by atoms with Crippen LogP contribution in [0.1, 0.15) is 22.4 Å². The molecule has 32 heavy (non-hydrogen) atoms. The molecule has 4 rings (SSSR count). The van der Waals surface area contributed by atoms with E-state index in [0.717, 1.165) is 10.9 Å². The normalized spacial score (nSPS) is 11.9. The summed E-state index contributed by atoms with van der Waals surface area (Å²) in [4.78, 5) is 0. The first-order valence-electron chi connectivity index (χ1n) is 9.70. The lowest BCUT2D eigenvalue weighted by Gasteiger charge is -2.36. The average Bonchev–Trinajstić information content (AvgIpc) is 3.20. The van der Waals surface area contributed by atoms with Gasteiger partial charge in [0.25, 0.3) is 0 Å². The van der Waals surface area contributed by atoms with E-state index in [1.165, 1.54) is 0 Å². The van der Waals surface area contributed by atoms with Gasteiger partial charge in [-0.1, -0.05) is 91.0 Å². The van der Waals surface area contributed by atoms with Crippen LogP contribution < -0.4 is 4.65 Å². The van der Waals surface area contributed by atoms with Gasteiger partial charge in [0.15, 0.2) is 5.75 Å². The molecule has 1 aromatic heterocycles. The Labute approximate surface area is 182 Å². The Balaban J connectivity index is 2.11. The van der Waals surface area contributed by atoms with Gasteiger partial charge >= 0.3 is 13.5 Å². The molecule has 0 radical (unpaired) electrons. The number of aromatic nitrogens is 2. The van der Waals surface area contributed by atoms with Gasteiger partial charge in [0.1, 0.15) is 5.54 Å². The van der Waals surface area contributed by atoms with E-state index < -0.39 is 30.5 Å². The first kappa shape index (κ1) is 21.7. The summed E-state index contributed by atoms with van der Waals surface area (Å²) in [5.41, 5.74) is -0.692. The molecule has 162 valence electrons. The number of nitrogens with zero attached hydrogens (tertiary/aromatic N) is 2. The predicted octanol–water partition coefficient (Wildman–Crippen LogP) is 4.09. The molecule has 3 aromatic carbocycles. The lowest BCUT2D eigenvalue weighted by molar-refractivity contribution is -0.142. The van der Waals surface area contributed by atoms with Gasteiger partial charge < -0.3 is 14.7 Å². The molecule has 9 heteroatoms. The third kappa shape index (κ3) is 3.88. The first-order chi connectivity index (χ1) is 15.3. The standard InChI is InChI=1S/C23H18BF3N2O3/c25-23(26,27)21-20(32-24(30)31)16-29(28-21)22(17-10-4-1-5-11-17,18-12-6-2-7-13-18)19-14-8-3-9-15-19/h1-16,30-31H. The predicted molar refractivity (Wildman–Crippen MR) is 113 cm³/mol. The number of benzene rings is 3. The molecular formula is C23H18BF3N2O3. The highest BCUT2D eigenvalue weighted by molar-refractivity contribution is 6.33. The Kier molecular flexibility index (Phi) is 5.77. The minimum Gasteiger partial charge on any atom is -0.509 e. The van der Waals surface area contributed by atoms with Crippen LogP contribution in [-0.2, 0) is 11.7 Å². The molecule has 0 aliphatic heterocycles. The van der Waals surface area contributed by atoms with E-state index >= 15 is 0 Å². The summed E-state index contributed by atoms with van der Waals surface area (Å²) in [5, 5.41) is 22.3. The van der Waals surface area contributed by atoms with E-state index in [2.05, 4.69) is 9.75 Å². The highest BCUT2D eigenvalue weighted by Gasteiger charge is 2.45. The maximum atomic E-state index is 13.8. The molecule has 0 unspecified atom stereocenters. The van der Waals surface area contributed by atoms with E-state index in [-0.39, 0.29) is 0 Å². The van der Waals surface area contributed by atoms with Crippen molar-refractivity contribution in [2.45, 2.75) is 11.7 Å². The fraction of sp³-hybridized carbons (Fsp3) is 0.0870. The highest BCUT2D eigenvalue weighted by Crippen LogP contribution is 2.43. The van der Waals surface area contributed by atoms with Crippen LogP contribution in [0.4, 0.5) is 13.2 Å². The van der Waals surface area contributed by atoms with Crippen molar-refractivity contribution in [1.29, 1.82) is 0 Å². The van der Waals surface area contributed by atoms with Gasteiger partial charge in [-0.3, -0.25) is 0 Å². The molecule has 0 atom stereocenters. The Bertz CT molecular complexity index is 1070. The fourth-order valence-corrected chi connectivity index (χ4v) is 3.86. The Morgan fingerprint density at radius 2 is 1.12 bits per heavy atom. The Morgan fingerprint density at radius 1 is 0.719 bits per heavy atom. The zero-order chi connectivity index (χ0) is 22.8. The molecule has 0 amide bonds. The van der Waals surface area contributed by atoms with Crippen molar-refractivity contribution in [2.75, 3.05) is 0 Å². The second-order valence-corrected chi connectivity index (χ2v) is 7.04. The SMILES string of the molecule is OB(O)Oc1cn(C(c2ccccc2)(c2ccccc2)c2ccccc2)nc1C(F)(F)F. The highest BCUT2D eigenvalue weighted by atomic mass is 19.4. The van der Waals surface area contributed by atoms with Crippen molar-refractivity contribution in [3.05, 3.63) is 120 Å². The molecule has 0 fully saturated rings. The first-order valence-corrected chi connectivity index (χ1v) is 9.70. The summed E-state index contributed by atoms with van der Waals surface area (Å²) in [6.45, 7) is 0. The quantitative estimate of drug-likeness (QED) is 0.352. The third-order valence-corrected chi connectivity index (χ3v) is 5.10. The fourth-order valence-electron chi connectivity index (χ4n) is 3.86. The maximum Gasteiger partial charge on any atom is 0.707 e. The summed E-state index contributed by atoms with van der Waals surface area (Å²) in [5.74, 6) is -0.792. The van der Waals surface area contributed by atoms with Gasteiger partial charge in [-0.25, -0.2) is 4.68 Å². The molecule has 0 aliphatic carbocycles. The van der Waals surface area contributed by atoms with Crippen LogP contribution in [0.2, 0.25) is 0 Å². The minimum absolute atomic E-state index is 0.657. The smallest absolute Gasteiger partial charge is 0.509 e. The van der Waals surface area contributed by atoms with Crippen molar-refractivity contribution < 1.29 is 27.9 Å². The maximum absolute atomic E-state index is 13.8. The van der Waals surface area contributed by atoms with Crippen molar-refractivity contribution in [2.24, 2.45) is 0 Å². The summed E-state index contributed by atoms with van der Waals surface area (Å²) >= 11 is 0. The largest absolute Gasteiger partial charge is 0.707 e. The summed E-state index contributed by atoms with van der Waals surface area (Å²) < 4.78 is 47.2. The topological polar surface area (TPSA) is 67.5 Å². The van der Waals surface area contributed by atoms with Crippen LogP contribution in [0.3, 0.4) is 0 Å². The lowest BCUT2D eigenvalue weighted by atomic mass is 9.77. The lowest BCUT2D eigenvalue weighted by Crippen LogP contribution is -2.38. The molecule has 5 nitrogen and oxygen atoms in total. The van der Waals surface area contributed by atoms with Crippen LogP contribution in [0, 0.1) is 0 Å². The zero-order valence-corrected chi connectivity index (χ0v) is 16.6. The molecule has 0 aliphatic rings. The number of hydrogen-bond donors (Lipinski definition) is 2. The molecule has 0 bridgehead atoms. The van der Waals surface area contributed by atoms with Crippen LogP contribution in [0.15, 0.2) is 97.2 Å². The zero-order valence-electron chi connectivity index (χ0n) is 16.6. The Morgan fingerprint density at radius 3 is 1.47 bits per heavy atom. The number of hydrogen-bond acceptors (Lipinski definition) is 4. The van der Waals surface area contributed by atoms with Gasteiger partial charge in [0.2, 0.25) is 5.69 Å². The molecule has 4 aromatic rings. The van der Waals surface area contributed by atoms with Crippen molar-refractivity contribution in [3.8, 4) is 5.75 Å². The average molecular weight is 438 g/mol. The van der Waals surface area contributed by atoms with Gasteiger partial charge in [-0.15, -0.1) is 0 Å². The number of alkyl halides is 3. The minimum atomic E-state index is -4.88. The van der Waals surface area contributed by atoms with Gasteiger partial charge in [0.05, 0.1) is 6.20 Å². The third-order valence-electron chi connectivity index (χ3n) is 5.10. The van der Waals surface area contributed by atoms with Gasteiger partial charge in [0, 0.05) is 0 Å². The van der Waals surface area contributed by atoms with Crippen molar-refractivity contribution in [1.82, 2.24) is 9.78 Å². The molecular weight excluding hydrogens is 420 g/mol. The van der Waals surface area contributed by atoms with Crippen LogP contribution in [0.5, 0.6) is 5.75 Å². The second kappa shape index (κ2) is 8.53. The van der Waals surface area contributed by atoms with E-state index in [1.807, 2.05) is 18.2 Å². The Hall–Kier alpha value is -3.56. The van der Waals surface area contributed by atoms with Gasteiger partial charge in [-0.2, -0.15) is 18.3 Å². The van der Waals surface area contributed by atoms with E-state index in [1.54, 1.807) is 72.8 Å². The molecule has 1 heterocycles. The van der Waals surface area contributed by atoms with Crippen LogP contribution >= 0.6 is 0 Å². The summed E-state index contributed by atoms with van der Waals surface area (Å²) in [6, 6.07) is 27.0. The van der Waals surface area contributed by atoms with Gasteiger partial charge in [-0.05, 0) is 16.7 Å². The van der Waals surface area contributed by atoms with E-state index in [0.29, 0.717) is 16.7 Å². The number of halogens is 3. The molecule has 2 N–H and O–H groups in total. The molecule has 0 saturated carbocycles.